The number of carbonyl (C=O) groups excluding carboxylic acids is 2. The second-order valence-corrected chi connectivity index (χ2v) is 4.67. The molecule has 130 valence electrons. The number of rotatable bonds is 5. The van der Waals surface area contributed by atoms with Crippen LogP contribution < -0.4 is 15.6 Å². The Bertz CT molecular complexity index is 811. The molecule has 0 aliphatic carbocycles. The maximum atomic E-state index is 13.3. The number of ether oxygens (including phenoxy) is 1. The van der Waals surface area contributed by atoms with Gasteiger partial charge in [-0.25, -0.2) is 8.78 Å². The van der Waals surface area contributed by atoms with Gasteiger partial charge < -0.3 is 4.74 Å². The first-order chi connectivity index (χ1) is 11.9. The Hall–Kier alpha value is -3.56. The number of nitrogens with zero attached hydrogens (tertiary/aromatic N) is 1. The number of nitrogens with one attached hydrogen (secondary N) is 2. The quantitative estimate of drug-likeness (QED) is 0.629. The first kappa shape index (κ1) is 17.8. The van der Waals surface area contributed by atoms with E-state index in [1.54, 1.807) is 0 Å². The van der Waals surface area contributed by atoms with E-state index in [-0.39, 0.29) is 17.0 Å². The van der Waals surface area contributed by atoms with Gasteiger partial charge in [0.2, 0.25) is 0 Å². The number of hydrogen-bond donors (Lipinski definition) is 2. The number of carbonyl (C=O) groups is 2. The van der Waals surface area contributed by atoms with Gasteiger partial charge in [-0.1, -0.05) is 0 Å². The lowest BCUT2D eigenvalue weighted by Crippen LogP contribution is -2.43. The van der Waals surface area contributed by atoms with E-state index in [4.69, 9.17) is 4.74 Å². The van der Waals surface area contributed by atoms with Gasteiger partial charge in [0.15, 0.2) is 18.2 Å². The molecule has 0 unspecified atom stereocenters. The summed E-state index contributed by atoms with van der Waals surface area (Å²) in [7, 11) is 0. The number of amides is 2. The Morgan fingerprint density at radius 2 is 1.76 bits per heavy atom. The highest BCUT2D eigenvalue weighted by molar-refractivity contribution is 5.95. The van der Waals surface area contributed by atoms with Crippen LogP contribution in [0, 0.1) is 21.7 Å². The van der Waals surface area contributed by atoms with Crippen LogP contribution in [-0.2, 0) is 4.79 Å². The summed E-state index contributed by atoms with van der Waals surface area (Å²) in [5, 5.41) is 10.5. The fraction of sp³-hybridized carbons (Fsp3) is 0.0667. The van der Waals surface area contributed by atoms with Crippen molar-refractivity contribution in [2.45, 2.75) is 0 Å². The number of nitro benzene ring substituents is 1. The average Bonchev–Trinajstić information content (AvgIpc) is 2.59. The van der Waals surface area contributed by atoms with Crippen molar-refractivity contribution < 1.29 is 28.0 Å². The van der Waals surface area contributed by atoms with Crippen LogP contribution in [-0.4, -0.2) is 23.3 Å². The molecule has 0 heterocycles. The van der Waals surface area contributed by atoms with Gasteiger partial charge in [0.25, 0.3) is 17.5 Å². The summed E-state index contributed by atoms with van der Waals surface area (Å²) in [6.07, 6.45) is 0. The molecule has 8 nitrogen and oxygen atoms in total. The highest BCUT2D eigenvalue weighted by Gasteiger charge is 2.11. The molecule has 0 bridgehead atoms. The summed E-state index contributed by atoms with van der Waals surface area (Å²) >= 11 is 0. The van der Waals surface area contributed by atoms with Crippen LogP contribution in [0.5, 0.6) is 5.75 Å². The molecule has 2 aromatic rings. The van der Waals surface area contributed by atoms with Gasteiger partial charge in [-0.15, -0.1) is 0 Å². The van der Waals surface area contributed by atoms with Gasteiger partial charge in [0.05, 0.1) is 4.92 Å². The van der Waals surface area contributed by atoms with Crippen LogP contribution in [0.25, 0.3) is 0 Å². The molecule has 0 saturated heterocycles. The molecule has 0 saturated carbocycles. The van der Waals surface area contributed by atoms with Crippen LogP contribution in [0.15, 0.2) is 42.5 Å². The van der Waals surface area contributed by atoms with Gasteiger partial charge in [-0.2, -0.15) is 0 Å². The Kier molecular flexibility index (Phi) is 5.56. The second kappa shape index (κ2) is 7.81. The van der Waals surface area contributed by atoms with E-state index < -0.39 is 35.0 Å². The van der Waals surface area contributed by atoms with Crippen molar-refractivity contribution in [3.63, 3.8) is 0 Å². The number of hydrogen-bond acceptors (Lipinski definition) is 5. The predicted octanol–water partition coefficient (Wildman–Crippen LogP) is 1.71. The minimum atomic E-state index is -0.970. The van der Waals surface area contributed by atoms with Gasteiger partial charge in [-0.05, 0) is 24.3 Å². The summed E-state index contributed by atoms with van der Waals surface area (Å²) in [5.41, 5.74) is 3.99. The first-order valence-electron chi connectivity index (χ1n) is 6.78. The van der Waals surface area contributed by atoms with E-state index in [0.29, 0.717) is 6.07 Å². The highest BCUT2D eigenvalue weighted by Crippen LogP contribution is 2.17. The third kappa shape index (κ3) is 4.96. The fourth-order valence-corrected chi connectivity index (χ4v) is 1.70. The third-order valence-electron chi connectivity index (χ3n) is 2.91. The molecular formula is C15H11F2N3O5. The minimum Gasteiger partial charge on any atom is -0.481 e. The predicted molar refractivity (Wildman–Crippen MR) is 80.6 cm³/mol. The highest BCUT2D eigenvalue weighted by atomic mass is 19.1. The summed E-state index contributed by atoms with van der Waals surface area (Å²) in [5.74, 6) is -3.58. The number of non-ortho nitro benzene ring substituents is 1. The lowest BCUT2D eigenvalue weighted by Gasteiger charge is -2.09. The lowest BCUT2D eigenvalue weighted by atomic mass is 10.2. The number of hydrazine groups is 1. The molecule has 0 atom stereocenters. The molecule has 0 fully saturated rings. The van der Waals surface area contributed by atoms with Crippen LogP contribution in [0.2, 0.25) is 0 Å². The molecular weight excluding hydrogens is 340 g/mol. The Morgan fingerprint density at radius 1 is 1.08 bits per heavy atom. The summed E-state index contributed by atoms with van der Waals surface area (Å²) < 4.78 is 30.9. The summed E-state index contributed by atoms with van der Waals surface area (Å²) in [4.78, 5) is 33.2. The van der Waals surface area contributed by atoms with E-state index in [1.165, 1.54) is 12.1 Å². The zero-order valence-corrected chi connectivity index (χ0v) is 12.5. The molecule has 2 rings (SSSR count). The molecule has 10 heteroatoms. The second-order valence-electron chi connectivity index (χ2n) is 4.67. The number of benzene rings is 2. The standard InChI is InChI=1S/C15H11F2N3O5/c16-10-3-6-13(12(17)7-10)25-8-14(21)18-19-15(22)9-1-4-11(5-2-9)20(23)24/h1-7H,8H2,(H,18,21)(H,19,22). The first-order valence-corrected chi connectivity index (χ1v) is 6.78. The monoisotopic (exact) mass is 351 g/mol. The van der Waals surface area contributed by atoms with Gasteiger partial charge in [0.1, 0.15) is 5.82 Å². The van der Waals surface area contributed by atoms with E-state index in [9.17, 15) is 28.5 Å². The van der Waals surface area contributed by atoms with Crippen LogP contribution in [0.3, 0.4) is 0 Å². The largest absolute Gasteiger partial charge is 0.481 e. The zero-order chi connectivity index (χ0) is 18.4. The van der Waals surface area contributed by atoms with E-state index in [2.05, 4.69) is 5.43 Å². The Morgan fingerprint density at radius 3 is 2.36 bits per heavy atom. The van der Waals surface area contributed by atoms with Crippen molar-refractivity contribution >= 4 is 17.5 Å². The molecule has 25 heavy (non-hydrogen) atoms. The minimum absolute atomic E-state index is 0.0800. The molecule has 2 amide bonds. The topological polar surface area (TPSA) is 111 Å². The van der Waals surface area contributed by atoms with Crippen molar-refractivity contribution in [1.29, 1.82) is 0 Å². The molecule has 0 aliphatic heterocycles. The number of halogens is 2. The SMILES string of the molecule is O=C(COc1ccc(F)cc1F)NNC(=O)c1ccc([N+](=O)[O-])cc1. The molecule has 0 spiro atoms. The van der Waals surface area contributed by atoms with Gasteiger partial charge in [-0.3, -0.25) is 30.6 Å². The van der Waals surface area contributed by atoms with Gasteiger partial charge in [0, 0.05) is 23.8 Å². The number of nitro groups is 1. The van der Waals surface area contributed by atoms with E-state index in [0.717, 1.165) is 24.3 Å². The Labute approximate surface area is 139 Å². The van der Waals surface area contributed by atoms with Crippen LogP contribution in [0.4, 0.5) is 14.5 Å². The van der Waals surface area contributed by atoms with Crippen LogP contribution >= 0.6 is 0 Å². The van der Waals surface area contributed by atoms with Crippen molar-refractivity contribution in [3.05, 3.63) is 69.8 Å². The van der Waals surface area contributed by atoms with E-state index >= 15 is 0 Å². The van der Waals surface area contributed by atoms with Crippen molar-refractivity contribution in [2.24, 2.45) is 0 Å². The van der Waals surface area contributed by atoms with Crippen molar-refractivity contribution in [3.8, 4) is 5.75 Å². The summed E-state index contributed by atoms with van der Waals surface area (Å²) in [6, 6.07) is 7.28. The molecule has 0 aliphatic rings. The smallest absolute Gasteiger partial charge is 0.276 e. The van der Waals surface area contributed by atoms with Crippen molar-refractivity contribution in [1.82, 2.24) is 10.9 Å². The lowest BCUT2D eigenvalue weighted by molar-refractivity contribution is -0.384. The summed E-state index contributed by atoms with van der Waals surface area (Å²) in [6.45, 7) is -0.622. The molecule has 2 N–H and O–H groups in total. The molecule has 0 radical (unpaired) electrons. The van der Waals surface area contributed by atoms with Gasteiger partial charge >= 0.3 is 0 Å². The fourth-order valence-electron chi connectivity index (χ4n) is 1.70. The maximum absolute atomic E-state index is 13.3. The normalized spacial score (nSPS) is 10.0. The van der Waals surface area contributed by atoms with E-state index in [1.807, 2.05) is 5.43 Å². The zero-order valence-electron chi connectivity index (χ0n) is 12.5. The third-order valence-corrected chi connectivity index (χ3v) is 2.91. The maximum Gasteiger partial charge on any atom is 0.276 e. The average molecular weight is 351 g/mol. The van der Waals surface area contributed by atoms with Crippen LogP contribution in [0.1, 0.15) is 10.4 Å². The molecule has 2 aromatic carbocycles. The Balaban J connectivity index is 1.82. The molecule has 0 aromatic heterocycles. The van der Waals surface area contributed by atoms with Crippen molar-refractivity contribution in [2.75, 3.05) is 6.61 Å².